The highest BCUT2D eigenvalue weighted by Crippen LogP contribution is 2.38. The molecule has 136 heavy (non-hydrogen) atoms. The number of halogens is 2. The van der Waals surface area contributed by atoms with E-state index in [1.807, 2.05) is 117 Å². The number of methoxy groups -OCH3 is 6. The number of hydrogen-bond acceptors (Lipinski definition) is 28. The Labute approximate surface area is 780 Å². The average molecular weight is 1850 g/mol. The molecule has 16 heterocycles. The van der Waals surface area contributed by atoms with Gasteiger partial charge in [-0.1, -0.05) is 42.0 Å². The standard InChI is InChI=1S/C22H24N4O3.C21H23FN4O3.C20H21FN4O3.C19H20N4O.C18H17N5O2.H2O/c1-28-19-7-3-14(9-20(19)29-2)18-10-22(27)26-13-17(6-8-21(26)24-18)25-11-15-4-5-16(12-25)23-15;1-13-11-25(7-6-23-13)14-4-5-20-24-17(10-21(27)26(20)12-14)15-8-18(28-2)19(29-3)9-16(15)22;1-27-17-9-14(15(21)10-18(17)28-2)16-11-20(26)25-12-13(3-4-19(25)23-16)24-7-5-22-6-8-24;1-14-2-4-15(5-3-14)17-12-19(24)23-13-16(6-7-18(23)21-17)22-10-8-20-9-11-22;24-18-11-16(13-2-1-3-14(10-13)21-25)20-17-5-4-15(12-23(17)18)22-8-6-19-7-9-22;/h3,6-10,13,15-16,23H,4-5,11-12H2,1-2H3;4-5,8-10,12-13,23H,6-7,11H2,1-3H3;3-4,9-12,22H,5-8H2,1-2H3;2-7,12-13,20H,8-11H2,1H3;1-5,10-12,19H,6-9H2;1H2/t;13-;;;;/m.0..../s1. The lowest BCUT2D eigenvalue weighted by molar-refractivity contribution is -0.337. The van der Waals surface area contributed by atoms with Crippen LogP contribution in [0.2, 0.25) is 0 Å². The Morgan fingerprint density at radius 3 is 1.21 bits per heavy atom. The monoisotopic (exact) mass is 1850 g/mol. The summed E-state index contributed by atoms with van der Waals surface area (Å²) in [6.45, 7) is 19.9. The predicted octanol–water partition coefficient (Wildman–Crippen LogP) is 10.1. The van der Waals surface area contributed by atoms with Gasteiger partial charge in [-0.15, -0.1) is 4.91 Å². The third-order valence-corrected chi connectivity index (χ3v) is 24.8. The zero-order valence-corrected chi connectivity index (χ0v) is 76.7. The summed E-state index contributed by atoms with van der Waals surface area (Å²) in [5.41, 5.74) is 14.1. The number of aromatic amines is 1. The molecule has 3 atom stereocenters. The number of aryl methyl sites for hydroxylation is 1. The molecule has 2 bridgehead atoms. The Hall–Kier alpha value is -15.1. The van der Waals surface area contributed by atoms with Crippen molar-refractivity contribution in [1.29, 1.82) is 0 Å². The van der Waals surface area contributed by atoms with E-state index >= 15 is 0 Å². The quantitative estimate of drug-likeness (QED) is 0.0529. The zero-order valence-electron chi connectivity index (χ0n) is 76.7. The van der Waals surface area contributed by atoms with Crippen molar-refractivity contribution in [2.75, 3.05) is 178 Å². The molecule has 6 saturated heterocycles. The lowest BCUT2D eigenvalue weighted by atomic mass is 10.1. The van der Waals surface area contributed by atoms with Gasteiger partial charge in [0.1, 0.15) is 51.8 Å². The van der Waals surface area contributed by atoms with E-state index < -0.39 is 11.6 Å². The van der Waals surface area contributed by atoms with Crippen LogP contribution in [0.4, 0.5) is 42.9 Å². The minimum Gasteiger partial charge on any atom is -0.870 e. The maximum Gasteiger partial charge on any atom is 0.342 e. The Kier molecular flexibility index (Phi) is 29.4. The van der Waals surface area contributed by atoms with E-state index in [1.54, 1.807) is 88.3 Å². The number of ether oxygens (including phenoxy) is 6. The molecule has 0 amide bonds. The van der Waals surface area contributed by atoms with Crippen molar-refractivity contribution in [3.05, 3.63) is 287 Å². The minimum atomic E-state index is -0.537. The fraction of sp³-hybridized carbons (Fsp3) is 0.300. The molecule has 0 saturated carbocycles. The molecule has 10 aromatic heterocycles. The second kappa shape index (κ2) is 42.4. The number of nitroso groups, excluding NO2 is 1. The number of nitrogens with zero attached hydrogens (tertiary/aromatic N) is 15. The van der Waals surface area contributed by atoms with E-state index in [0.29, 0.717) is 86.4 Å². The van der Waals surface area contributed by atoms with Gasteiger partial charge in [-0.2, -0.15) is 4.40 Å². The van der Waals surface area contributed by atoms with Crippen LogP contribution in [-0.4, -0.2) is 219 Å². The molecule has 21 rings (SSSR count). The molecular weight excluding hydrogens is 1740 g/mol. The van der Waals surface area contributed by atoms with Crippen LogP contribution in [0.5, 0.6) is 34.5 Å². The van der Waals surface area contributed by atoms with Gasteiger partial charge in [0.25, 0.3) is 27.9 Å². The van der Waals surface area contributed by atoms with Crippen LogP contribution in [0.1, 0.15) is 25.3 Å². The number of hydrogen-bond donors (Lipinski definition) is 5. The molecule has 36 heteroatoms. The topological polar surface area (TPSA) is 364 Å². The fourth-order valence-electron chi connectivity index (χ4n) is 17.7. The fourth-order valence-corrected chi connectivity index (χ4v) is 17.7. The van der Waals surface area contributed by atoms with E-state index in [9.17, 15) is 37.7 Å². The number of nitrogens with one attached hydrogen (secondary N) is 6. The van der Waals surface area contributed by atoms with Crippen LogP contribution in [0.25, 0.3) is 84.5 Å². The molecule has 15 aromatic rings. The van der Waals surface area contributed by atoms with Gasteiger partial charge in [-0.3, -0.25) is 36.8 Å². The Balaban J connectivity index is 0.000000123. The average Bonchev–Trinajstić information content (AvgIpc) is 1.13. The van der Waals surface area contributed by atoms with Gasteiger partial charge in [0.05, 0.1) is 99.9 Å². The summed E-state index contributed by atoms with van der Waals surface area (Å²) >= 11 is 0. The first-order chi connectivity index (χ1) is 65.7. The Bertz CT molecular complexity index is 7200. The molecule has 7 N–H and O–H groups in total. The lowest BCUT2D eigenvalue weighted by Gasteiger charge is -2.34. The number of rotatable bonds is 17. The second-order valence-corrected chi connectivity index (χ2v) is 33.6. The summed E-state index contributed by atoms with van der Waals surface area (Å²) in [6, 6.07) is 54.1. The minimum absolute atomic E-state index is 0. The maximum absolute atomic E-state index is 14.6. The molecule has 0 radical (unpaired) electrons. The van der Waals surface area contributed by atoms with Crippen LogP contribution >= 0.6 is 0 Å². The van der Waals surface area contributed by atoms with Crippen molar-refractivity contribution in [3.63, 3.8) is 0 Å². The summed E-state index contributed by atoms with van der Waals surface area (Å²) < 4.78 is 68.4. The lowest BCUT2D eigenvalue weighted by Crippen LogP contribution is -2.51. The summed E-state index contributed by atoms with van der Waals surface area (Å²) in [7, 11) is 9.01. The van der Waals surface area contributed by atoms with Crippen molar-refractivity contribution in [3.8, 4) is 90.8 Å². The summed E-state index contributed by atoms with van der Waals surface area (Å²) in [5.74, 6) is 1.47. The largest absolute Gasteiger partial charge is 0.870 e. The molecule has 6 aliphatic heterocycles. The summed E-state index contributed by atoms with van der Waals surface area (Å²) in [5, 5.41) is 20.0. The van der Waals surface area contributed by atoms with Gasteiger partial charge >= 0.3 is 5.56 Å². The van der Waals surface area contributed by atoms with Gasteiger partial charge < -0.3 is 85.0 Å². The first-order valence-corrected chi connectivity index (χ1v) is 44.9. The zero-order chi connectivity index (χ0) is 93.9. The third-order valence-electron chi connectivity index (χ3n) is 24.8. The van der Waals surface area contributed by atoms with Crippen LogP contribution in [0, 0.1) is 23.5 Å². The predicted molar refractivity (Wildman–Crippen MR) is 522 cm³/mol. The van der Waals surface area contributed by atoms with Gasteiger partial charge in [0.2, 0.25) is 0 Å². The highest BCUT2D eigenvalue weighted by molar-refractivity contribution is 5.72. The molecule has 0 aliphatic carbocycles. The SMILES string of the molecule is COc1cc(F)c(-c2cc(=O)n3cc(N4CCNCC4)ccc3n2)cc1OC.COc1cc(F)c(-c2cc(=O)n3cc(N4CCN[C@@H](C)C4)ccc3n2)cc1OC.COc1ccc(-c2cc(=O)n3cc(N4CC5CCC(C4)N5)ccc3n2)cc1OC.Cc1ccc(-c2cc(=O)n3cc(N4CCNCC4)ccc3n2)cc1.O=Nc1cccc(-c2cc(=O)n3cc(N4CCNCC4)ccc3[nH+]2)c1.[OH-]. The van der Waals surface area contributed by atoms with E-state index in [1.165, 1.54) is 92.0 Å². The van der Waals surface area contributed by atoms with Crippen molar-refractivity contribution in [1.82, 2.24) is 68.5 Å². The molecule has 6 fully saturated rings. The number of H-pyrrole nitrogens is 1. The first-order valence-electron chi connectivity index (χ1n) is 44.9. The molecule has 2 unspecified atom stereocenters. The Morgan fingerprint density at radius 2 is 0.757 bits per heavy atom. The summed E-state index contributed by atoms with van der Waals surface area (Å²) in [4.78, 5) is 107. The first kappa shape index (κ1) is 94.1. The van der Waals surface area contributed by atoms with Gasteiger partial charge in [-0.05, 0) is 129 Å². The van der Waals surface area contributed by atoms with Gasteiger partial charge in [0.15, 0.2) is 34.5 Å². The second-order valence-electron chi connectivity index (χ2n) is 33.6. The molecular formula is C100H107F2N21O13. The van der Waals surface area contributed by atoms with Crippen molar-refractivity contribution in [2.45, 2.75) is 44.8 Å². The smallest absolute Gasteiger partial charge is 0.342 e. The van der Waals surface area contributed by atoms with Crippen LogP contribution < -0.4 is 112 Å². The summed E-state index contributed by atoms with van der Waals surface area (Å²) in [6.07, 6.45) is 11.7. The van der Waals surface area contributed by atoms with E-state index in [2.05, 4.69) is 89.2 Å². The maximum atomic E-state index is 14.6. The van der Waals surface area contributed by atoms with Crippen molar-refractivity contribution >= 4 is 62.4 Å². The highest BCUT2D eigenvalue weighted by atomic mass is 19.1. The molecule has 6 aliphatic rings. The van der Waals surface area contributed by atoms with E-state index in [-0.39, 0.29) is 67.3 Å². The van der Waals surface area contributed by atoms with Crippen LogP contribution in [0.15, 0.2) is 242 Å². The number of benzene rings is 5. The molecule has 34 nitrogen and oxygen atoms in total. The van der Waals surface area contributed by atoms with Crippen LogP contribution in [0.3, 0.4) is 0 Å². The third kappa shape index (κ3) is 21.1. The number of fused-ring (bicyclic) bond motifs is 7. The van der Waals surface area contributed by atoms with E-state index in [0.717, 1.165) is 162 Å². The van der Waals surface area contributed by atoms with Crippen molar-refractivity contribution in [2.24, 2.45) is 5.18 Å². The molecule has 0 spiro atoms. The number of pyridine rings is 5. The highest BCUT2D eigenvalue weighted by Gasteiger charge is 2.33. The molecule has 704 valence electrons. The van der Waals surface area contributed by atoms with Crippen molar-refractivity contribution < 1.29 is 47.7 Å². The molecule has 5 aromatic carbocycles. The number of aromatic nitrogens is 10. The Morgan fingerprint density at radius 1 is 0.375 bits per heavy atom. The van der Waals surface area contributed by atoms with E-state index in [4.69, 9.17) is 33.4 Å². The normalized spacial score (nSPS) is 16.3. The van der Waals surface area contributed by atoms with Gasteiger partial charge in [-0.25, -0.2) is 38.5 Å². The number of anilines is 5. The van der Waals surface area contributed by atoms with Gasteiger partial charge in [0, 0.05) is 224 Å². The number of piperazine rings is 5. The van der Waals surface area contributed by atoms with Crippen LogP contribution in [-0.2, 0) is 0 Å².